The van der Waals surface area contributed by atoms with Crippen molar-refractivity contribution >= 4 is 5.97 Å². The highest BCUT2D eigenvalue weighted by Gasteiger charge is 2.03. The van der Waals surface area contributed by atoms with Gasteiger partial charge < -0.3 is 4.74 Å². The van der Waals surface area contributed by atoms with Gasteiger partial charge in [-0.05, 0) is 12.0 Å². The zero-order valence-electron chi connectivity index (χ0n) is 21.3. The molecule has 0 unspecified atom stereocenters. The van der Waals surface area contributed by atoms with Gasteiger partial charge in [-0.25, -0.2) is 0 Å². The molecule has 0 fully saturated rings. The minimum Gasteiger partial charge on any atom is -0.465 e. The molecule has 2 heteroatoms. The van der Waals surface area contributed by atoms with E-state index in [2.05, 4.69) is 19.1 Å². The Bertz CT molecular complexity index is 511. The number of esters is 1. The molecule has 0 aliphatic heterocycles. The third-order valence-corrected chi connectivity index (χ3v) is 6.48. The maximum absolute atomic E-state index is 11.8. The van der Waals surface area contributed by atoms with Gasteiger partial charge in [0, 0.05) is 12.8 Å². The molecule has 2 nitrogen and oxygen atoms in total. The first kappa shape index (κ1) is 28.7. The molecule has 0 bridgehead atoms. The van der Waals surface area contributed by atoms with Crippen LogP contribution in [0.2, 0.25) is 0 Å². The van der Waals surface area contributed by atoms with E-state index in [-0.39, 0.29) is 5.97 Å². The highest BCUT2D eigenvalue weighted by Crippen LogP contribution is 2.15. The number of hydrogen-bond donors (Lipinski definition) is 0. The van der Waals surface area contributed by atoms with Crippen LogP contribution in [0, 0.1) is 0 Å². The minimum atomic E-state index is -0.0343. The van der Waals surface area contributed by atoms with E-state index < -0.39 is 0 Å². The zero-order chi connectivity index (χ0) is 23.0. The number of hydrogen-bond acceptors (Lipinski definition) is 2. The predicted octanol–water partition coefficient (Wildman–Crippen LogP) is 9.59. The van der Waals surface area contributed by atoms with Gasteiger partial charge in [-0.2, -0.15) is 0 Å². The zero-order valence-corrected chi connectivity index (χ0v) is 21.3. The van der Waals surface area contributed by atoms with Crippen LogP contribution in [-0.4, -0.2) is 12.6 Å². The van der Waals surface area contributed by atoms with Crippen LogP contribution in [-0.2, 0) is 16.0 Å². The second-order valence-corrected chi connectivity index (χ2v) is 9.57. The van der Waals surface area contributed by atoms with Gasteiger partial charge in [0.25, 0.3) is 0 Å². The molecule has 1 aromatic carbocycles. The number of benzene rings is 1. The summed E-state index contributed by atoms with van der Waals surface area (Å²) in [6, 6.07) is 10.2. The lowest BCUT2D eigenvalue weighted by Gasteiger charge is -2.05. The quantitative estimate of drug-likeness (QED) is 0.124. The average Bonchev–Trinajstić information content (AvgIpc) is 2.81. The summed E-state index contributed by atoms with van der Waals surface area (Å²) in [5, 5.41) is 0. The number of carbonyl (C=O) groups excluding carboxylic acids is 1. The summed E-state index contributed by atoms with van der Waals surface area (Å²) >= 11 is 0. The molecule has 32 heavy (non-hydrogen) atoms. The smallest absolute Gasteiger partial charge is 0.305 e. The van der Waals surface area contributed by atoms with Crippen molar-refractivity contribution in [2.75, 3.05) is 6.61 Å². The Balaban J connectivity index is 1.71. The van der Waals surface area contributed by atoms with E-state index in [1.807, 2.05) is 18.2 Å². The normalized spacial score (nSPS) is 11.0. The monoisotopic (exact) mass is 444 g/mol. The molecule has 0 saturated carbocycles. The lowest BCUT2D eigenvalue weighted by molar-refractivity contribution is -0.143. The summed E-state index contributed by atoms with van der Waals surface area (Å²) in [5.41, 5.74) is 1.23. The third-order valence-electron chi connectivity index (χ3n) is 6.48. The summed E-state index contributed by atoms with van der Waals surface area (Å²) in [6.45, 7) is 2.79. The fraction of sp³-hybridized carbons (Fsp3) is 0.767. The topological polar surface area (TPSA) is 26.3 Å². The molecular formula is C30H52O2. The molecule has 0 heterocycles. The Morgan fingerprint density at radius 1 is 0.594 bits per heavy atom. The fourth-order valence-corrected chi connectivity index (χ4v) is 4.35. The van der Waals surface area contributed by atoms with E-state index in [1.54, 1.807) is 0 Å². The standard InChI is InChI=1S/C30H52O2/c1-2-3-4-5-6-7-8-9-10-11-12-13-14-15-16-17-18-19-23-26-30(31)32-28-27-29-24-21-20-22-25-29/h20-22,24-25H,2-19,23,26-28H2,1H3. The van der Waals surface area contributed by atoms with Gasteiger partial charge in [0.2, 0.25) is 0 Å². The summed E-state index contributed by atoms with van der Waals surface area (Å²) in [5.74, 6) is -0.0343. The van der Waals surface area contributed by atoms with E-state index in [9.17, 15) is 4.79 Å². The van der Waals surface area contributed by atoms with Crippen molar-refractivity contribution < 1.29 is 9.53 Å². The Morgan fingerprint density at radius 2 is 1.00 bits per heavy atom. The molecule has 0 atom stereocenters. The Kier molecular flexibility index (Phi) is 20.5. The summed E-state index contributed by atoms with van der Waals surface area (Å²) in [6.07, 6.45) is 27.5. The largest absolute Gasteiger partial charge is 0.465 e. The van der Waals surface area contributed by atoms with Gasteiger partial charge >= 0.3 is 5.97 Å². The van der Waals surface area contributed by atoms with E-state index >= 15 is 0 Å². The number of carbonyl (C=O) groups is 1. The summed E-state index contributed by atoms with van der Waals surface area (Å²) in [7, 11) is 0. The Hall–Kier alpha value is -1.31. The molecule has 0 radical (unpaired) electrons. The molecule has 0 aromatic heterocycles. The Morgan fingerprint density at radius 3 is 1.44 bits per heavy atom. The number of ether oxygens (including phenoxy) is 1. The molecule has 0 aliphatic rings. The van der Waals surface area contributed by atoms with Crippen LogP contribution >= 0.6 is 0 Å². The second-order valence-electron chi connectivity index (χ2n) is 9.57. The lowest BCUT2D eigenvalue weighted by Crippen LogP contribution is -2.07. The van der Waals surface area contributed by atoms with Gasteiger partial charge in [-0.3, -0.25) is 4.79 Å². The summed E-state index contributed by atoms with van der Waals surface area (Å²) in [4.78, 5) is 11.8. The maximum Gasteiger partial charge on any atom is 0.305 e. The Labute approximate surface area is 199 Å². The maximum atomic E-state index is 11.8. The first-order valence-electron chi connectivity index (χ1n) is 14.0. The van der Waals surface area contributed by atoms with Crippen LogP contribution in [0.15, 0.2) is 30.3 Å². The predicted molar refractivity (Wildman–Crippen MR) is 139 cm³/mol. The van der Waals surface area contributed by atoms with Crippen LogP contribution in [0.25, 0.3) is 0 Å². The first-order valence-corrected chi connectivity index (χ1v) is 14.0. The molecule has 0 N–H and O–H groups in total. The second kappa shape index (κ2) is 22.9. The molecule has 0 aliphatic carbocycles. The first-order chi connectivity index (χ1) is 15.8. The summed E-state index contributed by atoms with van der Waals surface area (Å²) < 4.78 is 5.34. The number of rotatable bonds is 23. The van der Waals surface area contributed by atoms with E-state index in [4.69, 9.17) is 4.74 Å². The van der Waals surface area contributed by atoms with Crippen molar-refractivity contribution in [3.8, 4) is 0 Å². The van der Waals surface area contributed by atoms with Gasteiger partial charge in [-0.15, -0.1) is 0 Å². The van der Waals surface area contributed by atoms with Crippen molar-refractivity contribution in [1.82, 2.24) is 0 Å². The van der Waals surface area contributed by atoms with Crippen molar-refractivity contribution in [1.29, 1.82) is 0 Å². The van der Waals surface area contributed by atoms with Crippen molar-refractivity contribution in [2.45, 2.75) is 142 Å². The molecule has 1 rings (SSSR count). The SMILES string of the molecule is CCCCCCCCCCCCCCCCCCCCCC(=O)OCCc1ccccc1. The van der Waals surface area contributed by atoms with E-state index in [0.717, 1.165) is 19.3 Å². The van der Waals surface area contributed by atoms with Gasteiger partial charge in [0.15, 0.2) is 0 Å². The van der Waals surface area contributed by atoms with Crippen molar-refractivity contribution in [3.05, 3.63) is 35.9 Å². The van der Waals surface area contributed by atoms with Gasteiger partial charge in [-0.1, -0.05) is 153 Å². The highest BCUT2D eigenvalue weighted by molar-refractivity contribution is 5.69. The fourth-order valence-electron chi connectivity index (χ4n) is 4.35. The van der Waals surface area contributed by atoms with Crippen LogP contribution < -0.4 is 0 Å². The number of unbranched alkanes of at least 4 members (excludes halogenated alkanes) is 18. The average molecular weight is 445 g/mol. The molecular weight excluding hydrogens is 392 g/mol. The molecule has 1 aromatic rings. The van der Waals surface area contributed by atoms with Crippen LogP contribution in [0.5, 0.6) is 0 Å². The van der Waals surface area contributed by atoms with Gasteiger partial charge in [0.05, 0.1) is 6.61 Å². The van der Waals surface area contributed by atoms with Crippen LogP contribution in [0.3, 0.4) is 0 Å². The van der Waals surface area contributed by atoms with E-state index in [0.29, 0.717) is 13.0 Å². The highest BCUT2D eigenvalue weighted by atomic mass is 16.5. The lowest BCUT2D eigenvalue weighted by atomic mass is 10.0. The molecule has 0 spiro atoms. The van der Waals surface area contributed by atoms with Crippen LogP contribution in [0.4, 0.5) is 0 Å². The van der Waals surface area contributed by atoms with Crippen LogP contribution in [0.1, 0.15) is 141 Å². The molecule has 0 amide bonds. The van der Waals surface area contributed by atoms with Crippen molar-refractivity contribution in [2.24, 2.45) is 0 Å². The van der Waals surface area contributed by atoms with Gasteiger partial charge in [0.1, 0.15) is 0 Å². The third kappa shape index (κ3) is 19.4. The molecule has 184 valence electrons. The van der Waals surface area contributed by atoms with E-state index in [1.165, 1.54) is 115 Å². The minimum absolute atomic E-state index is 0.0343. The molecule has 0 saturated heterocycles. The van der Waals surface area contributed by atoms with Crippen molar-refractivity contribution in [3.63, 3.8) is 0 Å².